The Labute approximate surface area is 181 Å². The largest absolute Gasteiger partial charge is 0.396 e. The fraction of sp³-hybridized carbons (Fsp3) is 0.435. The van der Waals surface area contributed by atoms with Gasteiger partial charge in [0, 0.05) is 35.6 Å². The third kappa shape index (κ3) is 5.83. The fourth-order valence-electron chi connectivity index (χ4n) is 3.54. The molecule has 162 valence electrons. The lowest BCUT2D eigenvalue weighted by atomic mass is 9.91. The molecule has 0 aromatic heterocycles. The van der Waals surface area contributed by atoms with Crippen molar-refractivity contribution >= 4 is 23.4 Å². The zero-order chi connectivity index (χ0) is 21.5. The summed E-state index contributed by atoms with van der Waals surface area (Å²) in [4.78, 5) is 11.4. The van der Waals surface area contributed by atoms with Crippen molar-refractivity contribution in [2.45, 2.75) is 39.0 Å². The number of ether oxygens (including phenoxy) is 2. The highest BCUT2D eigenvalue weighted by atomic mass is 32.2. The number of rotatable bonds is 8. The van der Waals surface area contributed by atoms with Gasteiger partial charge in [-0.2, -0.15) is 11.8 Å². The lowest BCUT2D eigenvalue weighted by Gasteiger charge is -2.41. The molecular weight excluding hydrogens is 402 g/mol. The van der Waals surface area contributed by atoms with Crippen LogP contribution in [0.5, 0.6) is 0 Å². The number of hydrogen-bond donors (Lipinski definition) is 3. The topological polar surface area (TPSA) is 88.0 Å². The van der Waals surface area contributed by atoms with Crippen LogP contribution in [0.2, 0.25) is 0 Å². The van der Waals surface area contributed by atoms with E-state index >= 15 is 0 Å². The van der Waals surface area contributed by atoms with Gasteiger partial charge in [0.05, 0.1) is 25.4 Å². The number of benzene rings is 2. The van der Waals surface area contributed by atoms with Crippen LogP contribution in [0, 0.1) is 5.92 Å². The fourth-order valence-corrected chi connectivity index (χ4v) is 4.45. The molecule has 1 heterocycles. The molecule has 1 aliphatic rings. The summed E-state index contributed by atoms with van der Waals surface area (Å²) in [6.07, 6.45) is -0.815. The van der Waals surface area contributed by atoms with E-state index in [1.54, 1.807) is 11.8 Å². The Hall–Kier alpha value is -1.90. The van der Waals surface area contributed by atoms with E-state index in [4.69, 9.17) is 14.6 Å². The Bertz CT molecular complexity index is 829. The quantitative estimate of drug-likeness (QED) is 0.553. The standard InChI is InChI=1S/C23H29NO5S/c1-15-21(14-30-11-10-25)28-23(19-4-3-5-20(12-19)24-16(2)27)29-22(15)18-8-6-17(13-26)7-9-18/h3-9,12,15,21-23,25-26H,10-11,13-14H2,1-2H3,(H,24,27). The molecule has 0 bridgehead atoms. The molecule has 3 N–H and O–H groups in total. The molecule has 4 unspecified atom stereocenters. The number of aliphatic hydroxyl groups excluding tert-OH is 2. The first-order chi connectivity index (χ1) is 14.5. The van der Waals surface area contributed by atoms with Crippen LogP contribution in [0.15, 0.2) is 48.5 Å². The van der Waals surface area contributed by atoms with Crippen molar-refractivity contribution in [1.82, 2.24) is 0 Å². The average molecular weight is 432 g/mol. The highest BCUT2D eigenvalue weighted by Crippen LogP contribution is 2.42. The van der Waals surface area contributed by atoms with Gasteiger partial charge in [0.1, 0.15) is 0 Å². The van der Waals surface area contributed by atoms with E-state index in [0.29, 0.717) is 11.4 Å². The number of nitrogens with one attached hydrogen (secondary N) is 1. The number of carbonyl (C=O) groups excluding carboxylic acids is 1. The molecule has 0 saturated carbocycles. The molecule has 6 nitrogen and oxygen atoms in total. The molecule has 0 spiro atoms. The van der Waals surface area contributed by atoms with Gasteiger partial charge in [-0.1, -0.05) is 43.3 Å². The molecule has 1 saturated heterocycles. The van der Waals surface area contributed by atoms with E-state index in [1.165, 1.54) is 6.92 Å². The van der Waals surface area contributed by atoms with Gasteiger partial charge in [-0.3, -0.25) is 4.79 Å². The molecule has 3 rings (SSSR count). The van der Waals surface area contributed by atoms with Crippen LogP contribution < -0.4 is 5.32 Å². The second kappa shape index (κ2) is 10.9. The third-order valence-electron chi connectivity index (χ3n) is 5.12. The number of carbonyl (C=O) groups is 1. The SMILES string of the molecule is CC(=O)Nc1cccc(C2OC(CSCCO)C(C)C(c3ccc(CO)cc3)O2)c1. The Morgan fingerprint density at radius 3 is 2.53 bits per heavy atom. The van der Waals surface area contributed by atoms with Gasteiger partial charge in [0.15, 0.2) is 6.29 Å². The minimum atomic E-state index is -0.572. The van der Waals surface area contributed by atoms with Crippen molar-refractivity contribution < 1.29 is 24.5 Å². The van der Waals surface area contributed by atoms with Crippen LogP contribution >= 0.6 is 11.8 Å². The minimum absolute atomic E-state index is 0.00343. The van der Waals surface area contributed by atoms with Crippen molar-refractivity contribution in [3.63, 3.8) is 0 Å². The van der Waals surface area contributed by atoms with Gasteiger partial charge in [0.2, 0.25) is 5.91 Å². The molecule has 4 atom stereocenters. The zero-order valence-electron chi connectivity index (χ0n) is 17.3. The highest BCUT2D eigenvalue weighted by molar-refractivity contribution is 7.99. The molecule has 2 aromatic rings. The predicted molar refractivity (Wildman–Crippen MR) is 118 cm³/mol. The van der Waals surface area contributed by atoms with Gasteiger partial charge in [-0.25, -0.2) is 0 Å². The Kier molecular flexibility index (Phi) is 8.30. The monoisotopic (exact) mass is 431 g/mol. The first kappa shape index (κ1) is 22.8. The summed E-state index contributed by atoms with van der Waals surface area (Å²) in [5.41, 5.74) is 3.42. The minimum Gasteiger partial charge on any atom is -0.396 e. The summed E-state index contributed by atoms with van der Waals surface area (Å²) in [5, 5.41) is 21.3. The van der Waals surface area contributed by atoms with E-state index in [2.05, 4.69) is 12.2 Å². The molecule has 1 amide bonds. The second-order valence-electron chi connectivity index (χ2n) is 7.43. The summed E-state index contributed by atoms with van der Waals surface area (Å²) >= 11 is 1.65. The lowest BCUT2D eigenvalue weighted by Crippen LogP contribution is -2.38. The number of hydrogen-bond acceptors (Lipinski definition) is 6. The Morgan fingerprint density at radius 2 is 1.87 bits per heavy atom. The summed E-state index contributed by atoms with van der Waals surface area (Å²) in [5.74, 6) is 1.38. The predicted octanol–water partition coefficient (Wildman–Crippen LogP) is 3.65. The van der Waals surface area contributed by atoms with Gasteiger partial charge in [0.25, 0.3) is 0 Å². The molecule has 2 aromatic carbocycles. The van der Waals surface area contributed by atoms with Crippen molar-refractivity contribution in [2.24, 2.45) is 5.92 Å². The first-order valence-electron chi connectivity index (χ1n) is 10.1. The van der Waals surface area contributed by atoms with E-state index in [-0.39, 0.29) is 37.2 Å². The van der Waals surface area contributed by atoms with E-state index in [1.807, 2.05) is 48.5 Å². The summed E-state index contributed by atoms with van der Waals surface area (Å²) < 4.78 is 12.7. The summed E-state index contributed by atoms with van der Waals surface area (Å²) in [7, 11) is 0. The van der Waals surface area contributed by atoms with Crippen LogP contribution in [0.3, 0.4) is 0 Å². The molecule has 0 aliphatic carbocycles. The number of thioether (sulfide) groups is 1. The van der Waals surface area contributed by atoms with Crippen LogP contribution in [-0.2, 0) is 20.9 Å². The molecule has 0 radical (unpaired) electrons. The van der Waals surface area contributed by atoms with E-state index in [0.717, 1.165) is 22.4 Å². The first-order valence-corrected chi connectivity index (χ1v) is 11.2. The van der Waals surface area contributed by atoms with Gasteiger partial charge >= 0.3 is 0 Å². The van der Waals surface area contributed by atoms with Gasteiger partial charge in [-0.05, 0) is 23.3 Å². The number of amides is 1. The van der Waals surface area contributed by atoms with Crippen molar-refractivity contribution in [3.05, 3.63) is 65.2 Å². The molecule has 1 fully saturated rings. The lowest BCUT2D eigenvalue weighted by molar-refractivity contribution is -0.268. The van der Waals surface area contributed by atoms with E-state index in [9.17, 15) is 9.90 Å². The molecule has 1 aliphatic heterocycles. The zero-order valence-corrected chi connectivity index (χ0v) is 18.1. The second-order valence-corrected chi connectivity index (χ2v) is 8.58. The highest BCUT2D eigenvalue weighted by Gasteiger charge is 2.38. The van der Waals surface area contributed by atoms with Crippen LogP contribution in [0.25, 0.3) is 0 Å². The van der Waals surface area contributed by atoms with Crippen LogP contribution in [0.4, 0.5) is 5.69 Å². The molecular formula is C23H29NO5S. The maximum atomic E-state index is 11.4. The maximum absolute atomic E-state index is 11.4. The third-order valence-corrected chi connectivity index (χ3v) is 6.16. The van der Waals surface area contributed by atoms with E-state index < -0.39 is 6.29 Å². The van der Waals surface area contributed by atoms with Crippen LogP contribution in [-0.4, -0.2) is 40.3 Å². The smallest absolute Gasteiger partial charge is 0.221 e. The maximum Gasteiger partial charge on any atom is 0.221 e. The number of anilines is 1. The average Bonchev–Trinajstić information content (AvgIpc) is 2.75. The summed E-state index contributed by atoms with van der Waals surface area (Å²) in [6, 6.07) is 15.3. The van der Waals surface area contributed by atoms with Gasteiger partial charge < -0.3 is 25.0 Å². The van der Waals surface area contributed by atoms with Gasteiger partial charge in [-0.15, -0.1) is 0 Å². The molecule has 7 heteroatoms. The van der Waals surface area contributed by atoms with Crippen molar-refractivity contribution in [3.8, 4) is 0 Å². The Morgan fingerprint density at radius 1 is 1.10 bits per heavy atom. The van der Waals surface area contributed by atoms with Crippen LogP contribution in [0.1, 0.15) is 42.9 Å². The Balaban J connectivity index is 1.86. The van der Waals surface area contributed by atoms with Crippen molar-refractivity contribution in [2.75, 3.05) is 23.4 Å². The summed E-state index contributed by atoms with van der Waals surface area (Å²) in [6.45, 7) is 3.72. The molecule has 30 heavy (non-hydrogen) atoms. The normalized spacial score (nSPS) is 23.9. The number of aliphatic hydroxyl groups is 2. The van der Waals surface area contributed by atoms with Crippen molar-refractivity contribution in [1.29, 1.82) is 0 Å².